The normalized spacial score (nSPS) is 18.7. The zero-order valence-electron chi connectivity index (χ0n) is 14.1. The number of amidine groups is 1. The van der Waals surface area contributed by atoms with Crippen LogP contribution >= 0.6 is 50.9 Å². The quantitative estimate of drug-likeness (QED) is 0.636. The van der Waals surface area contributed by atoms with Gasteiger partial charge in [0, 0.05) is 33.7 Å². The molecule has 0 spiro atoms. The number of nitrogens with zero attached hydrogens (tertiary/aromatic N) is 2. The highest BCUT2D eigenvalue weighted by Gasteiger charge is 2.34. The van der Waals surface area contributed by atoms with Gasteiger partial charge in [0.1, 0.15) is 5.25 Å². The number of benzene rings is 2. The van der Waals surface area contributed by atoms with Crippen LogP contribution in [0.3, 0.4) is 0 Å². The first-order valence-corrected chi connectivity index (χ1v) is 10.3. The Bertz CT molecular complexity index is 901. The second kappa shape index (κ2) is 8.65. The molecule has 2 aromatic rings. The SMILES string of the molecule is CN1C(=O)CC(C(=O)Nc2cc(Cl)cc(Cl)c2)SC1=Nc1ccc(Br)cc1. The van der Waals surface area contributed by atoms with Crippen molar-refractivity contribution in [1.82, 2.24) is 4.90 Å². The van der Waals surface area contributed by atoms with Crippen molar-refractivity contribution in [1.29, 1.82) is 0 Å². The van der Waals surface area contributed by atoms with Crippen molar-refractivity contribution in [2.24, 2.45) is 4.99 Å². The molecule has 27 heavy (non-hydrogen) atoms. The van der Waals surface area contributed by atoms with Gasteiger partial charge in [-0.05, 0) is 42.5 Å². The second-order valence-electron chi connectivity index (χ2n) is 5.78. The van der Waals surface area contributed by atoms with Crippen LogP contribution in [0.5, 0.6) is 0 Å². The Labute approximate surface area is 179 Å². The molecule has 1 saturated heterocycles. The molecule has 1 aliphatic rings. The lowest BCUT2D eigenvalue weighted by Crippen LogP contribution is -2.43. The molecule has 2 amide bonds. The smallest absolute Gasteiger partial charge is 0.238 e. The van der Waals surface area contributed by atoms with E-state index in [0.717, 1.165) is 4.47 Å². The first kappa shape index (κ1) is 20.2. The van der Waals surface area contributed by atoms with Gasteiger partial charge in [0.15, 0.2) is 5.17 Å². The molecule has 5 nitrogen and oxygen atoms in total. The lowest BCUT2D eigenvalue weighted by Gasteiger charge is -2.28. The summed E-state index contributed by atoms with van der Waals surface area (Å²) >= 11 is 16.5. The number of carbonyl (C=O) groups excluding carboxylic acids is 2. The van der Waals surface area contributed by atoms with Crippen LogP contribution in [0.25, 0.3) is 0 Å². The molecule has 1 heterocycles. The van der Waals surface area contributed by atoms with Crippen LogP contribution in [0.4, 0.5) is 11.4 Å². The van der Waals surface area contributed by atoms with E-state index >= 15 is 0 Å². The van der Waals surface area contributed by atoms with Crippen molar-refractivity contribution in [3.8, 4) is 0 Å². The third kappa shape index (κ3) is 5.25. The maximum Gasteiger partial charge on any atom is 0.238 e. The summed E-state index contributed by atoms with van der Waals surface area (Å²) in [5.41, 5.74) is 1.18. The van der Waals surface area contributed by atoms with E-state index in [-0.39, 0.29) is 18.2 Å². The zero-order valence-corrected chi connectivity index (χ0v) is 18.0. The molecule has 1 atom stereocenters. The van der Waals surface area contributed by atoms with Gasteiger partial charge in [-0.3, -0.25) is 14.5 Å². The summed E-state index contributed by atoms with van der Waals surface area (Å²) in [6.07, 6.45) is 0.0840. The minimum atomic E-state index is -0.597. The Morgan fingerprint density at radius 3 is 2.48 bits per heavy atom. The Kier molecular flexibility index (Phi) is 6.47. The van der Waals surface area contributed by atoms with Crippen molar-refractivity contribution in [3.05, 3.63) is 57.0 Å². The molecule has 1 aliphatic heterocycles. The Morgan fingerprint density at radius 1 is 1.22 bits per heavy atom. The van der Waals surface area contributed by atoms with Gasteiger partial charge in [0.2, 0.25) is 11.8 Å². The predicted octanol–water partition coefficient (Wildman–Crippen LogP) is 5.35. The van der Waals surface area contributed by atoms with Crippen LogP contribution in [-0.2, 0) is 9.59 Å². The lowest BCUT2D eigenvalue weighted by atomic mass is 10.2. The first-order valence-electron chi connectivity index (χ1n) is 7.86. The molecule has 9 heteroatoms. The summed E-state index contributed by atoms with van der Waals surface area (Å²) in [6, 6.07) is 12.2. The third-order valence-corrected chi connectivity index (χ3v) is 5.95. The van der Waals surface area contributed by atoms with E-state index in [1.165, 1.54) is 16.7 Å². The summed E-state index contributed by atoms with van der Waals surface area (Å²) in [5.74, 6) is -0.475. The van der Waals surface area contributed by atoms with E-state index in [0.29, 0.717) is 26.6 Å². The van der Waals surface area contributed by atoms with E-state index in [9.17, 15) is 9.59 Å². The van der Waals surface area contributed by atoms with Crippen molar-refractivity contribution in [2.75, 3.05) is 12.4 Å². The standard InChI is InChI=1S/C18H14BrCl2N3O2S/c1-24-16(25)9-15(17(26)22-14-7-11(20)6-12(21)8-14)27-18(24)23-13-4-2-10(19)3-5-13/h2-8,15H,9H2,1H3,(H,22,26). The lowest BCUT2D eigenvalue weighted by molar-refractivity contribution is -0.128. The number of hydrogen-bond donors (Lipinski definition) is 1. The number of rotatable bonds is 3. The first-order chi connectivity index (χ1) is 12.8. The number of halogens is 3. The van der Waals surface area contributed by atoms with Crippen molar-refractivity contribution in [2.45, 2.75) is 11.7 Å². The molecular formula is C18H14BrCl2N3O2S. The maximum atomic E-state index is 12.6. The Balaban J connectivity index is 1.78. The second-order valence-corrected chi connectivity index (χ2v) is 8.74. The van der Waals surface area contributed by atoms with Gasteiger partial charge in [-0.2, -0.15) is 0 Å². The molecule has 0 aromatic heterocycles. The summed E-state index contributed by atoms with van der Waals surface area (Å²) in [4.78, 5) is 30.9. The van der Waals surface area contributed by atoms with Gasteiger partial charge in [-0.15, -0.1) is 0 Å². The molecular weight excluding hydrogens is 473 g/mol. The van der Waals surface area contributed by atoms with Gasteiger partial charge < -0.3 is 5.32 Å². The van der Waals surface area contributed by atoms with Gasteiger partial charge in [0.05, 0.1) is 5.69 Å². The van der Waals surface area contributed by atoms with Gasteiger partial charge in [-0.1, -0.05) is 50.9 Å². The van der Waals surface area contributed by atoms with Crippen LogP contribution in [0.1, 0.15) is 6.42 Å². The van der Waals surface area contributed by atoms with E-state index < -0.39 is 5.25 Å². The highest BCUT2D eigenvalue weighted by atomic mass is 79.9. The average Bonchev–Trinajstić information content (AvgIpc) is 2.59. The number of amides is 2. The topological polar surface area (TPSA) is 61.8 Å². The van der Waals surface area contributed by atoms with E-state index in [1.807, 2.05) is 24.3 Å². The Hall–Kier alpha value is -1.54. The number of nitrogens with one attached hydrogen (secondary N) is 1. The summed E-state index contributed by atoms with van der Waals surface area (Å²) < 4.78 is 0.935. The number of carbonyl (C=O) groups is 2. The van der Waals surface area contributed by atoms with Crippen LogP contribution in [-0.4, -0.2) is 34.2 Å². The minimum absolute atomic E-state index is 0.0840. The van der Waals surface area contributed by atoms with Crippen LogP contribution in [0, 0.1) is 0 Å². The molecule has 140 valence electrons. The summed E-state index contributed by atoms with van der Waals surface area (Å²) in [6.45, 7) is 0. The predicted molar refractivity (Wildman–Crippen MR) is 115 cm³/mol. The number of thioether (sulfide) groups is 1. The third-order valence-electron chi connectivity index (χ3n) is 3.74. The molecule has 0 aliphatic carbocycles. The van der Waals surface area contributed by atoms with Crippen molar-refractivity contribution >= 4 is 79.3 Å². The summed E-state index contributed by atoms with van der Waals surface area (Å²) in [7, 11) is 1.65. The van der Waals surface area contributed by atoms with Crippen LogP contribution < -0.4 is 5.32 Å². The van der Waals surface area contributed by atoms with Gasteiger partial charge >= 0.3 is 0 Å². The van der Waals surface area contributed by atoms with Gasteiger partial charge in [-0.25, -0.2) is 4.99 Å². The fourth-order valence-corrected chi connectivity index (χ4v) is 4.23. The average molecular weight is 487 g/mol. The fraction of sp³-hybridized carbons (Fsp3) is 0.167. The number of hydrogen-bond acceptors (Lipinski definition) is 4. The van der Waals surface area contributed by atoms with Crippen LogP contribution in [0.2, 0.25) is 10.0 Å². The molecule has 0 saturated carbocycles. The highest BCUT2D eigenvalue weighted by molar-refractivity contribution is 9.10. The van der Waals surface area contributed by atoms with E-state index in [1.54, 1.807) is 25.2 Å². The van der Waals surface area contributed by atoms with Crippen LogP contribution in [0.15, 0.2) is 51.9 Å². The van der Waals surface area contributed by atoms with E-state index in [4.69, 9.17) is 23.2 Å². The van der Waals surface area contributed by atoms with Gasteiger partial charge in [0.25, 0.3) is 0 Å². The summed E-state index contributed by atoms with van der Waals surface area (Å²) in [5, 5.41) is 3.47. The molecule has 0 bridgehead atoms. The molecule has 3 rings (SSSR count). The minimum Gasteiger partial charge on any atom is -0.325 e. The molecule has 1 N–H and O–H groups in total. The molecule has 1 unspecified atom stereocenters. The molecule has 0 radical (unpaired) electrons. The number of anilines is 1. The monoisotopic (exact) mass is 485 g/mol. The molecule has 2 aromatic carbocycles. The Morgan fingerprint density at radius 2 is 1.85 bits per heavy atom. The largest absolute Gasteiger partial charge is 0.325 e. The fourth-order valence-electron chi connectivity index (χ4n) is 2.37. The molecule has 1 fully saturated rings. The van der Waals surface area contributed by atoms with Crippen molar-refractivity contribution in [3.63, 3.8) is 0 Å². The maximum absolute atomic E-state index is 12.6. The number of aliphatic imine (C=N–C) groups is 1. The zero-order chi connectivity index (χ0) is 19.6. The van der Waals surface area contributed by atoms with E-state index in [2.05, 4.69) is 26.2 Å². The highest BCUT2D eigenvalue weighted by Crippen LogP contribution is 2.30. The van der Waals surface area contributed by atoms with Crippen molar-refractivity contribution < 1.29 is 9.59 Å².